The summed E-state index contributed by atoms with van der Waals surface area (Å²) >= 11 is 0. The van der Waals surface area contributed by atoms with E-state index in [-0.39, 0.29) is 24.8 Å². The normalized spacial score (nSPS) is 18.3. The van der Waals surface area contributed by atoms with Crippen molar-refractivity contribution in [2.45, 2.75) is 70.4 Å². The number of hydrogen-bond donors (Lipinski definition) is 2. The summed E-state index contributed by atoms with van der Waals surface area (Å²) in [5.74, 6) is 5.57. The molecular formula is C23H28N2O4. The second kappa shape index (κ2) is 10.2. The van der Waals surface area contributed by atoms with Gasteiger partial charge in [0.2, 0.25) is 11.8 Å². The monoisotopic (exact) mass is 396 g/mol. The maximum absolute atomic E-state index is 12.8. The van der Waals surface area contributed by atoms with Crippen LogP contribution in [0.3, 0.4) is 0 Å². The van der Waals surface area contributed by atoms with Crippen LogP contribution in [0.15, 0.2) is 18.2 Å². The molecule has 1 saturated heterocycles. The standard InChI is InChI=1S/C23H28N2O4/c26-15-8-6-4-2-1-3-5-7-10-17-11-9-12-18-19(17)16-25(23(18)29)20-13-14-21(27)24-22(20)28/h9,11-12,20,26H,1-6,8,13-16H2,(H,24,27,28). The third-order valence-corrected chi connectivity index (χ3v) is 5.52. The fraction of sp³-hybridized carbons (Fsp3) is 0.522. The zero-order valence-electron chi connectivity index (χ0n) is 16.7. The molecule has 29 heavy (non-hydrogen) atoms. The number of hydrogen-bond acceptors (Lipinski definition) is 4. The van der Waals surface area contributed by atoms with Crippen molar-refractivity contribution in [3.8, 4) is 11.8 Å². The molecule has 3 rings (SSSR count). The number of nitrogens with zero attached hydrogens (tertiary/aromatic N) is 1. The number of nitrogens with one attached hydrogen (secondary N) is 1. The first-order chi connectivity index (χ1) is 14.1. The van der Waals surface area contributed by atoms with Gasteiger partial charge in [-0.3, -0.25) is 19.7 Å². The van der Waals surface area contributed by atoms with Gasteiger partial charge >= 0.3 is 0 Å². The van der Waals surface area contributed by atoms with Crippen LogP contribution in [0.1, 0.15) is 79.3 Å². The summed E-state index contributed by atoms with van der Waals surface area (Å²) in [5, 5.41) is 11.1. The summed E-state index contributed by atoms with van der Waals surface area (Å²) in [4.78, 5) is 37.9. The molecule has 0 aliphatic carbocycles. The number of fused-ring (bicyclic) bond motifs is 1. The number of unbranched alkanes of at least 4 members (excludes halogenated alkanes) is 6. The van der Waals surface area contributed by atoms with Gasteiger partial charge < -0.3 is 10.0 Å². The summed E-state index contributed by atoms with van der Waals surface area (Å²) in [7, 11) is 0. The smallest absolute Gasteiger partial charge is 0.255 e. The maximum atomic E-state index is 12.8. The summed E-state index contributed by atoms with van der Waals surface area (Å²) < 4.78 is 0. The highest BCUT2D eigenvalue weighted by atomic mass is 16.3. The van der Waals surface area contributed by atoms with Gasteiger partial charge in [0.1, 0.15) is 6.04 Å². The van der Waals surface area contributed by atoms with Gasteiger partial charge in [-0.2, -0.15) is 0 Å². The van der Waals surface area contributed by atoms with Gasteiger partial charge in [0.05, 0.1) is 0 Å². The van der Waals surface area contributed by atoms with E-state index in [1.54, 1.807) is 11.0 Å². The lowest BCUT2D eigenvalue weighted by molar-refractivity contribution is -0.136. The predicted octanol–water partition coefficient (Wildman–Crippen LogP) is 2.52. The summed E-state index contributed by atoms with van der Waals surface area (Å²) in [5.41, 5.74) is 2.32. The predicted molar refractivity (Wildman–Crippen MR) is 109 cm³/mol. The van der Waals surface area contributed by atoms with E-state index in [0.717, 1.165) is 56.1 Å². The molecule has 0 saturated carbocycles. The fourth-order valence-electron chi connectivity index (χ4n) is 3.89. The first kappa shape index (κ1) is 21.1. The van der Waals surface area contributed by atoms with Crippen molar-refractivity contribution in [1.29, 1.82) is 0 Å². The first-order valence-electron chi connectivity index (χ1n) is 10.5. The minimum Gasteiger partial charge on any atom is -0.396 e. The highest BCUT2D eigenvalue weighted by molar-refractivity contribution is 6.05. The Balaban J connectivity index is 1.57. The van der Waals surface area contributed by atoms with Crippen molar-refractivity contribution in [3.63, 3.8) is 0 Å². The SMILES string of the molecule is O=C1CCC(N2Cc3c(C#CCCCCCCCCO)cccc3C2=O)C(=O)N1. The third kappa shape index (κ3) is 5.24. The highest BCUT2D eigenvalue weighted by Gasteiger charge is 2.39. The average Bonchev–Trinajstić information content (AvgIpc) is 3.04. The van der Waals surface area contributed by atoms with E-state index in [2.05, 4.69) is 17.2 Å². The van der Waals surface area contributed by atoms with E-state index in [0.29, 0.717) is 18.5 Å². The van der Waals surface area contributed by atoms with Gasteiger partial charge in [-0.1, -0.05) is 43.6 Å². The molecule has 2 N–H and O–H groups in total. The molecule has 0 bridgehead atoms. The van der Waals surface area contributed by atoms with Crippen molar-refractivity contribution in [2.75, 3.05) is 6.61 Å². The molecule has 2 heterocycles. The average molecular weight is 396 g/mol. The minimum atomic E-state index is -0.598. The topological polar surface area (TPSA) is 86.7 Å². The molecule has 6 nitrogen and oxygen atoms in total. The fourth-order valence-corrected chi connectivity index (χ4v) is 3.89. The number of piperidine rings is 1. The zero-order chi connectivity index (χ0) is 20.6. The van der Waals surface area contributed by atoms with Gasteiger partial charge in [0.25, 0.3) is 5.91 Å². The molecule has 6 heteroatoms. The summed E-state index contributed by atoms with van der Waals surface area (Å²) in [6, 6.07) is 4.93. The molecule has 1 atom stereocenters. The molecule has 1 aromatic carbocycles. The number of carbonyl (C=O) groups excluding carboxylic acids is 3. The Morgan fingerprint density at radius 3 is 2.59 bits per heavy atom. The Morgan fingerprint density at radius 1 is 1.07 bits per heavy atom. The highest BCUT2D eigenvalue weighted by Crippen LogP contribution is 2.29. The van der Waals surface area contributed by atoms with Crippen LogP contribution in [-0.4, -0.2) is 40.4 Å². The van der Waals surface area contributed by atoms with E-state index >= 15 is 0 Å². The van der Waals surface area contributed by atoms with E-state index in [1.165, 1.54) is 0 Å². The van der Waals surface area contributed by atoms with Crippen molar-refractivity contribution in [3.05, 3.63) is 34.9 Å². The molecule has 3 amide bonds. The Kier molecular flexibility index (Phi) is 7.42. The summed E-state index contributed by atoms with van der Waals surface area (Å²) in [6.45, 7) is 0.631. The van der Waals surface area contributed by atoms with Crippen LogP contribution in [0.2, 0.25) is 0 Å². The van der Waals surface area contributed by atoms with Crippen molar-refractivity contribution < 1.29 is 19.5 Å². The van der Waals surface area contributed by atoms with Crippen molar-refractivity contribution >= 4 is 17.7 Å². The molecule has 1 fully saturated rings. The van der Waals surface area contributed by atoms with E-state index in [9.17, 15) is 14.4 Å². The largest absolute Gasteiger partial charge is 0.396 e. The first-order valence-corrected chi connectivity index (χ1v) is 10.5. The molecule has 2 aliphatic heterocycles. The molecule has 0 radical (unpaired) electrons. The van der Waals surface area contributed by atoms with Crippen LogP contribution < -0.4 is 5.32 Å². The Bertz CT molecular complexity index is 837. The van der Waals surface area contributed by atoms with Gasteiger partial charge in [-0.05, 0) is 37.0 Å². The Hall–Kier alpha value is -2.65. The van der Waals surface area contributed by atoms with Gasteiger partial charge in [-0.25, -0.2) is 0 Å². The lowest BCUT2D eigenvalue weighted by Gasteiger charge is -2.29. The molecule has 0 spiro atoms. The van der Waals surface area contributed by atoms with E-state index < -0.39 is 11.9 Å². The summed E-state index contributed by atoms with van der Waals surface area (Å²) in [6.07, 6.45) is 7.89. The van der Waals surface area contributed by atoms with Gasteiger partial charge in [0, 0.05) is 37.1 Å². The Morgan fingerprint density at radius 2 is 1.83 bits per heavy atom. The molecule has 154 valence electrons. The van der Waals surface area contributed by atoms with Crippen LogP contribution in [0.5, 0.6) is 0 Å². The van der Waals surface area contributed by atoms with Crippen molar-refractivity contribution in [1.82, 2.24) is 10.2 Å². The third-order valence-electron chi connectivity index (χ3n) is 5.52. The molecular weight excluding hydrogens is 368 g/mol. The molecule has 2 aliphatic rings. The number of aliphatic hydroxyl groups excluding tert-OH is 1. The number of imide groups is 1. The van der Waals surface area contributed by atoms with Crippen molar-refractivity contribution in [2.24, 2.45) is 0 Å². The van der Waals surface area contributed by atoms with Crippen LogP contribution in [0.25, 0.3) is 0 Å². The van der Waals surface area contributed by atoms with E-state index in [1.807, 2.05) is 12.1 Å². The van der Waals surface area contributed by atoms with E-state index in [4.69, 9.17) is 5.11 Å². The number of benzene rings is 1. The second-order valence-corrected chi connectivity index (χ2v) is 7.63. The number of rotatable bonds is 8. The van der Waals surface area contributed by atoms with Crippen LogP contribution in [0.4, 0.5) is 0 Å². The molecule has 1 unspecified atom stereocenters. The van der Waals surface area contributed by atoms with Crippen LogP contribution >= 0.6 is 0 Å². The lowest BCUT2D eigenvalue weighted by atomic mass is 10.0. The zero-order valence-corrected chi connectivity index (χ0v) is 16.7. The van der Waals surface area contributed by atoms with Crippen LogP contribution in [0, 0.1) is 11.8 Å². The number of amides is 3. The molecule has 1 aromatic rings. The second-order valence-electron chi connectivity index (χ2n) is 7.63. The van der Waals surface area contributed by atoms with Gasteiger partial charge in [-0.15, -0.1) is 0 Å². The Labute approximate surface area is 171 Å². The van der Waals surface area contributed by atoms with Crippen LogP contribution in [-0.2, 0) is 16.1 Å². The molecule has 0 aromatic heterocycles. The number of carbonyl (C=O) groups is 3. The minimum absolute atomic E-state index is 0.166. The van der Waals surface area contributed by atoms with Gasteiger partial charge in [0.15, 0.2) is 0 Å². The maximum Gasteiger partial charge on any atom is 0.255 e. The number of aliphatic hydroxyl groups is 1. The lowest BCUT2D eigenvalue weighted by Crippen LogP contribution is -2.52. The quantitative estimate of drug-likeness (QED) is 0.402.